The van der Waals surface area contributed by atoms with Gasteiger partial charge >= 0.3 is 0 Å². The Morgan fingerprint density at radius 1 is 0.125 bits per heavy atom. The van der Waals surface area contributed by atoms with Gasteiger partial charge in [-0.25, -0.2) is 0 Å². The molecular weight excluding hydrogens is 1250 g/mol. The first kappa shape index (κ1) is 64.9. The van der Waals surface area contributed by atoms with Gasteiger partial charge < -0.3 is 0 Å². The van der Waals surface area contributed by atoms with E-state index in [0.29, 0.717) is 0 Å². The molecule has 0 aliphatic heterocycles. The predicted octanol–water partition coefficient (Wildman–Crippen LogP) is 29.9. The molecule has 0 aromatic heterocycles. The van der Waals surface area contributed by atoms with Crippen LogP contribution in [0.2, 0.25) is 0 Å². The van der Waals surface area contributed by atoms with Crippen LogP contribution in [0.4, 0.5) is 0 Å². The van der Waals surface area contributed by atoms with Gasteiger partial charge in [-0.15, -0.1) is 0 Å². The lowest BCUT2D eigenvalue weighted by atomic mass is 9.92. The van der Waals surface area contributed by atoms with Crippen LogP contribution in [0.5, 0.6) is 0 Å². The molecule has 0 heterocycles. The second kappa shape index (κ2) is 27.1. The molecule has 0 spiro atoms. The van der Waals surface area contributed by atoms with E-state index >= 15 is 0 Å². The SMILES string of the molecule is Cc1c2ccccc2c(C)c2ccccc12.Cc1c2ccccc2cc2cc3ccccc3cc12.Cc1cc2c3ccccc3ccc2c2ccccc12.Cc1cc2ccc3cccc4ccc(c1)c2c34.Cc1ccc2cc3cc(C)ccc3cc2c1.Cc1ccc2ccc3cccc4ccc1c2c34. The Hall–Kier alpha value is -12.5. The summed E-state index contributed by atoms with van der Waals surface area (Å²) in [5, 5.41) is 43.3. The van der Waals surface area contributed by atoms with Crippen LogP contribution in [0.1, 0.15) is 44.5 Å². The summed E-state index contributed by atoms with van der Waals surface area (Å²) < 4.78 is 0. The van der Waals surface area contributed by atoms with Crippen molar-refractivity contribution in [1.29, 1.82) is 0 Å². The molecule has 496 valence electrons. The van der Waals surface area contributed by atoms with Gasteiger partial charge in [0.05, 0.1) is 0 Å². The molecule has 0 aliphatic rings. The van der Waals surface area contributed by atoms with Crippen LogP contribution in [0.3, 0.4) is 0 Å². The molecular formula is C104H80. The summed E-state index contributed by atoms with van der Waals surface area (Å²) in [5.74, 6) is 0. The van der Waals surface area contributed by atoms with E-state index in [9.17, 15) is 0 Å². The average molecular weight is 1330 g/mol. The zero-order valence-electron chi connectivity index (χ0n) is 60.3. The summed E-state index contributed by atoms with van der Waals surface area (Å²) in [7, 11) is 0. The first-order valence-electron chi connectivity index (χ1n) is 36.5. The van der Waals surface area contributed by atoms with Crippen LogP contribution in [-0.4, -0.2) is 0 Å². The van der Waals surface area contributed by atoms with Crippen molar-refractivity contribution in [2.45, 2.75) is 55.4 Å². The van der Waals surface area contributed by atoms with Gasteiger partial charge in [-0.3, -0.25) is 0 Å². The molecule has 0 saturated carbocycles. The Morgan fingerprint density at radius 3 is 1.01 bits per heavy atom. The third kappa shape index (κ3) is 12.0. The normalized spacial score (nSPS) is 11.5. The monoisotopic (exact) mass is 1330 g/mol. The molecule has 0 bridgehead atoms. The highest BCUT2D eigenvalue weighted by molar-refractivity contribution is 6.25. The number of benzene rings is 22. The maximum absolute atomic E-state index is 2.32. The molecule has 0 heteroatoms. The number of aryl methyl sites for hydroxylation is 8. The van der Waals surface area contributed by atoms with E-state index in [0.717, 1.165) is 0 Å². The topological polar surface area (TPSA) is 0 Å². The Morgan fingerprint density at radius 2 is 0.452 bits per heavy atom. The number of rotatable bonds is 0. The summed E-state index contributed by atoms with van der Waals surface area (Å²) in [6.45, 7) is 17.5. The van der Waals surface area contributed by atoms with Gasteiger partial charge in [0.25, 0.3) is 0 Å². The van der Waals surface area contributed by atoms with Crippen molar-refractivity contribution >= 4 is 172 Å². The Labute approximate surface area is 608 Å². The molecule has 22 aromatic carbocycles. The van der Waals surface area contributed by atoms with Gasteiger partial charge in [0.1, 0.15) is 0 Å². The van der Waals surface area contributed by atoms with E-state index in [1.807, 2.05) is 0 Å². The zero-order valence-corrected chi connectivity index (χ0v) is 60.3. The third-order valence-corrected chi connectivity index (χ3v) is 21.9. The molecule has 0 aliphatic carbocycles. The molecule has 0 radical (unpaired) electrons. The summed E-state index contributed by atoms with van der Waals surface area (Å²) in [6, 6.07) is 123. The predicted molar refractivity (Wildman–Crippen MR) is 459 cm³/mol. The fourth-order valence-electron chi connectivity index (χ4n) is 16.6. The lowest BCUT2D eigenvalue weighted by molar-refractivity contribution is 1.50. The fraction of sp³-hybridized carbons (Fsp3) is 0.0769. The maximum Gasteiger partial charge on any atom is -0.00241 e. The van der Waals surface area contributed by atoms with Crippen molar-refractivity contribution in [2.75, 3.05) is 0 Å². The van der Waals surface area contributed by atoms with E-state index < -0.39 is 0 Å². The largest absolute Gasteiger partial charge is 0.0616 e. The van der Waals surface area contributed by atoms with Gasteiger partial charge in [-0.1, -0.05) is 321 Å². The van der Waals surface area contributed by atoms with Gasteiger partial charge in [-0.2, -0.15) is 0 Å². The smallest absolute Gasteiger partial charge is 0.00241 e. The molecule has 0 saturated heterocycles. The van der Waals surface area contributed by atoms with Crippen molar-refractivity contribution in [2.24, 2.45) is 0 Å². The van der Waals surface area contributed by atoms with Gasteiger partial charge in [0.15, 0.2) is 0 Å². The Balaban J connectivity index is 0.0000000924. The minimum Gasteiger partial charge on any atom is -0.0616 e. The van der Waals surface area contributed by atoms with Crippen LogP contribution in [0.25, 0.3) is 172 Å². The van der Waals surface area contributed by atoms with Gasteiger partial charge in [0.2, 0.25) is 0 Å². The van der Waals surface area contributed by atoms with E-state index in [1.54, 1.807) is 0 Å². The highest BCUT2D eigenvalue weighted by Gasteiger charge is 2.13. The van der Waals surface area contributed by atoms with Crippen LogP contribution in [0.15, 0.2) is 340 Å². The molecule has 22 rings (SSSR count). The number of hydrogen-bond donors (Lipinski definition) is 0. The third-order valence-electron chi connectivity index (χ3n) is 21.9. The van der Waals surface area contributed by atoms with Crippen molar-refractivity contribution in [1.82, 2.24) is 0 Å². The molecule has 0 fully saturated rings. The molecule has 104 heavy (non-hydrogen) atoms. The molecule has 0 nitrogen and oxygen atoms in total. The maximum atomic E-state index is 2.32. The minimum atomic E-state index is 1.31. The van der Waals surface area contributed by atoms with Gasteiger partial charge in [0, 0.05) is 0 Å². The van der Waals surface area contributed by atoms with E-state index in [1.165, 1.54) is 217 Å². The molecule has 0 unspecified atom stereocenters. The van der Waals surface area contributed by atoms with E-state index in [2.05, 4.69) is 395 Å². The molecule has 0 N–H and O–H groups in total. The minimum absolute atomic E-state index is 1.31. The summed E-state index contributed by atoms with van der Waals surface area (Å²) >= 11 is 0. The highest BCUT2D eigenvalue weighted by Crippen LogP contribution is 2.40. The zero-order chi connectivity index (χ0) is 70.7. The van der Waals surface area contributed by atoms with E-state index in [-0.39, 0.29) is 0 Å². The molecule has 0 atom stereocenters. The second-order valence-electron chi connectivity index (χ2n) is 28.7. The van der Waals surface area contributed by atoms with E-state index in [4.69, 9.17) is 0 Å². The fourth-order valence-corrected chi connectivity index (χ4v) is 16.6. The average Bonchev–Trinajstić information content (AvgIpc) is 0.745. The Bertz CT molecular complexity index is 6790. The van der Waals surface area contributed by atoms with Crippen molar-refractivity contribution in [3.8, 4) is 0 Å². The summed E-state index contributed by atoms with van der Waals surface area (Å²) in [5.41, 5.74) is 10.8. The number of fused-ring (bicyclic) bond motifs is 12. The van der Waals surface area contributed by atoms with Crippen molar-refractivity contribution < 1.29 is 0 Å². The second-order valence-corrected chi connectivity index (χ2v) is 28.7. The number of hydrogen-bond acceptors (Lipinski definition) is 0. The molecule has 22 aromatic rings. The van der Waals surface area contributed by atoms with Crippen LogP contribution < -0.4 is 0 Å². The van der Waals surface area contributed by atoms with Crippen LogP contribution in [-0.2, 0) is 0 Å². The standard InChI is InChI=1S/2C19H14.2C17H12.2C16H14/c1-13-12-19-16-8-3-2-6-14(16)10-11-18(19)17-9-5-4-7-15(13)17;1-13-18-9-5-4-8-16(18)11-17-10-14-6-2-3-7-15(14)12-19(13)17;1-11-9-14-7-5-12-3-2-4-13-6-8-15(10-11)17(14)16(12)13;1-11-5-6-14-8-7-12-3-2-4-13-9-10-15(11)17(14)16(12)13;1-11-3-5-13-10-16-8-12(2)4-6-14(16)9-15(13)7-11;1-11-13-7-3-5-9-15(13)12(2)16-10-6-4-8-14(11)16/h2*2-12H,1H3;2*2-10H,1H3;2*3-10H,1-2H3. The van der Waals surface area contributed by atoms with Crippen molar-refractivity contribution in [3.05, 3.63) is 384 Å². The first-order valence-corrected chi connectivity index (χ1v) is 36.5. The lowest BCUT2D eigenvalue weighted by Gasteiger charge is -2.11. The Kier molecular flexibility index (Phi) is 16.9. The highest BCUT2D eigenvalue weighted by atomic mass is 14.2. The van der Waals surface area contributed by atoms with Crippen LogP contribution >= 0.6 is 0 Å². The summed E-state index contributed by atoms with van der Waals surface area (Å²) in [6.07, 6.45) is 0. The molecule has 0 amide bonds. The summed E-state index contributed by atoms with van der Waals surface area (Å²) in [4.78, 5) is 0. The van der Waals surface area contributed by atoms with Crippen molar-refractivity contribution in [3.63, 3.8) is 0 Å². The van der Waals surface area contributed by atoms with Crippen LogP contribution in [0, 0.1) is 55.4 Å². The van der Waals surface area contributed by atoms with Gasteiger partial charge in [-0.05, 0) is 291 Å². The lowest BCUT2D eigenvalue weighted by Crippen LogP contribution is -1.87. The quantitative estimate of drug-likeness (QED) is 0.105. The first-order chi connectivity index (χ1) is 50.8.